The van der Waals surface area contributed by atoms with Crippen molar-refractivity contribution in [2.45, 2.75) is 6.18 Å². The highest BCUT2D eigenvalue weighted by Crippen LogP contribution is 2.44. The number of rotatable bonds is 4. The van der Waals surface area contributed by atoms with Crippen molar-refractivity contribution in [1.29, 1.82) is 0 Å². The zero-order chi connectivity index (χ0) is 18.9. The lowest BCUT2D eigenvalue weighted by molar-refractivity contribution is -0.394. The summed E-state index contributed by atoms with van der Waals surface area (Å²) in [4.78, 5) is 19.7. The van der Waals surface area contributed by atoms with Gasteiger partial charge in [-0.2, -0.15) is 13.2 Å². The highest BCUT2D eigenvalue weighted by atomic mass is 79.9. The SMILES string of the molecule is O=[N+]([O-])c1cc([N+](=O)[O-])c(Nc2cc(Cl)ccc2Br)c(C(F)(F)F)c1. The summed E-state index contributed by atoms with van der Waals surface area (Å²) in [6.45, 7) is 0. The summed E-state index contributed by atoms with van der Waals surface area (Å²) in [6.07, 6.45) is -5.07. The van der Waals surface area contributed by atoms with Crippen LogP contribution in [0.4, 0.5) is 35.9 Å². The summed E-state index contributed by atoms with van der Waals surface area (Å²) < 4.78 is 40.2. The predicted octanol–water partition coefficient (Wildman–Crippen LogP) is 5.68. The number of nitrogens with one attached hydrogen (secondary N) is 1. The second kappa shape index (κ2) is 6.84. The van der Waals surface area contributed by atoms with E-state index in [1.807, 2.05) is 0 Å². The molecule has 7 nitrogen and oxygen atoms in total. The second-order valence-corrected chi connectivity index (χ2v) is 5.94. The molecule has 0 aromatic heterocycles. The molecule has 0 fully saturated rings. The first-order valence-corrected chi connectivity index (χ1v) is 7.44. The van der Waals surface area contributed by atoms with Gasteiger partial charge in [0.25, 0.3) is 11.4 Å². The van der Waals surface area contributed by atoms with E-state index < -0.39 is 38.6 Å². The Bertz CT molecular complexity index is 876. The van der Waals surface area contributed by atoms with Crippen LogP contribution in [-0.4, -0.2) is 9.85 Å². The van der Waals surface area contributed by atoms with Crippen molar-refractivity contribution >= 4 is 50.3 Å². The Hall–Kier alpha value is -2.40. The number of anilines is 2. The van der Waals surface area contributed by atoms with Crippen molar-refractivity contribution in [3.8, 4) is 0 Å². The van der Waals surface area contributed by atoms with E-state index in [9.17, 15) is 33.4 Å². The van der Waals surface area contributed by atoms with Gasteiger partial charge in [0.1, 0.15) is 5.69 Å². The average molecular weight is 441 g/mol. The number of benzene rings is 2. The van der Waals surface area contributed by atoms with Gasteiger partial charge < -0.3 is 5.32 Å². The van der Waals surface area contributed by atoms with Gasteiger partial charge in [0.05, 0.1) is 27.2 Å². The molecule has 1 N–H and O–H groups in total. The molecule has 0 aliphatic rings. The molecule has 2 aromatic rings. The molecule has 0 spiro atoms. The summed E-state index contributed by atoms with van der Waals surface area (Å²) in [5.41, 5.74) is -4.58. The smallest absolute Gasteiger partial charge is 0.348 e. The quantitative estimate of drug-likeness (QED) is 0.487. The summed E-state index contributed by atoms with van der Waals surface area (Å²) in [6, 6.07) is 4.81. The first-order valence-electron chi connectivity index (χ1n) is 6.27. The second-order valence-electron chi connectivity index (χ2n) is 4.65. The largest absolute Gasteiger partial charge is 0.418 e. The molecule has 25 heavy (non-hydrogen) atoms. The molecule has 2 aromatic carbocycles. The van der Waals surface area contributed by atoms with Gasteiger partial charge in [-0.1, -0.05) is 11.6 Å². The highest BCUT2D eigenvalue weighted by Gasteiger charge is 2.39. The number of hydrogen-bond acceptors (Lipinski definition) is 5. The normalized spacial score (nSPS) is 11.2. The molecule has 0 aliphatic carbocycles. The lowest BCUT2D eigenvalue weighted by atomic mass is 10.1. The molecule has 0 radical (unpaired) electrons. The van der Waals surface area contributed by atoms with Crippen molar-refractivity contribution in [3.63, 3.8) is 0 Å². The fourth-order valence-electron chi connectivity index (χ4n) is 1.94. The molecule has 0 aliphatic heterocycles. The Kier molecular flexibility index (Phi) is 5.18. The van der Waals surface area contributed by atoms with Gasteiger partial charge in [0.15, 0.2) is 0 Å². The van der Waals surface area contributed by atoms with Crippen molar-refractivity contribution in [3.05, 3.63) is 65.6 Å². The van der Waals surface area contributed by atoms with Crippen LogP contribution in [0.1, 0.15) is 5.56 Å². The highest BCUT2D eigenvalue weighted by molar-refractivity contribution is 9.10. The van der Waals surface area contributed by atoms with E-state index >= 15 is 0 Å². The van der Waals surface area contributed by atoms with Crippen molar-refractivity contribution in [1.82, 2.24) is 0 Å². The fraction of sp³-hybridized carbons (Fsp3) is 0.0769. The van der Waals surface area contributed by atoms with Gasteiger partial charge in [-0.05, 0) is 34.1 Å². The standard InChI is InChI=1S/C13H6BrClF3N3O4/c14-9-2-1-6(15)3-10(9)19-12-8(13(16,17)18)4-7(20(22)23)5-11(12)21(24)25/h1-5,19H. The Morgan fingerprint density at radius 3 is 2.24 bits per heavy atom. The topological polar surface area (TPSA) is 98.3 Å². The van der Waals surface area contributed by atoms with Crippen LogP contribution in [0.25, 0.3) is 0 Å². The van der Waals surface area contributed by atoms with E-state index in [0.29, 0.717) is 6.07 Å². The molecule has 0 saturated carbocycles. The minimum atomic E-state index is -5.07. The number of nitro groups is 2. The van der Waals surface area contributed by atoms with Gasteiger partial charge in [0.2, 0.25) is 0 Å². The van der Waals surface area contributed by atoms with E-state index in [-0.39, 0.29) is 21.2 Å². The Morgan fingerprint density at radius 2 is 1.72 bits per heavy atom. The van der Waals surface area contributed by atoms with E-state index in [0.717, 1.165) is 0 Å². The van der Waals surface area contributed by atoms with E-state index in [1.54, 1.807) is 0 Å². The maximum absolute atomic E-state index is 13.3. The Balaban J connectivity index is 2.75. The molecule has 0 atom stereocenters. The van der Waals surface area contributed by atoms with Crippen LogP contribution in [-0.2, 0) is 6.18 Å². The zero-order valence-corrected chi connectivity index (χ0v) is 14.1. The minimum absolute atomic E-state index is 0.0231. The molecular formula is C13H6BrClF3N3O4. The molecule has 12 heteroatoms. The van der Waals surface area contributed by atoms with Gasteiger partial charge in [-0.3, -0.25) is 20.2 Å². The fourth-order valence-corrected chi connectivity index (χ4v) is 2.46. The van der Waals surface area contributed by atoms with Crippen LogP contribution >= 0.6 is 27.5 Å². The number of nitro benzene ring substituents is 2. The molecule has 0 saturated heterocycles. The minimum Gasteiger partial charge on any atom is -0.348 e. The third kappa shape index (κ3) is 4.17. The van der Waals surface area contributed by atoms with E-state index in [2.05, 4.69) is 21.2 Å². The third-order valence-corrected chi connectivity index (χ3v) is 3.93. The van der Waals surface area contributed by atoms with Crippen LogP contribution in [0.3, 0.4) is 0 Å². The maximum atomic E-state index is 13.3. The zero-order valence-electron chi connectivity index (χ0n) is 11.8. The van der Waals surface area contributed by atoms with Crippen LogP contribution in [0, 0.1) is 20.2 Å². The molecule has 0 bridgehead atoms. The summed E-state index contributed by atoms with van der Waals surface area (Å²) in [5, 5.41) is 24.4. The van der Waals surface area contributed by atoms with E-state index in [4.69, 9.17) is 11.6 Å². The number of hydrogen-bond donors (Lipinski definition) is 1. The molecule has 0 amide bonds. The first kappa shape index (κ1) is 18.9. The molecule has 0 unspecified atom stereocenters. The van der Waals surface area contributed by atoms with Crippen molar-refractivity contribution < 1.29 is 23.0 Å². The molecule has 2 rings (SSSR count). The number of halogens is 5. The average Bonchev–Trinajstić information content (AvgIpc) is 2.49. The Morgan fingerprint density at radius 1 is 1.08 bits per heavy atom. The maximum Gasteiger partial charge on any atom is 0.418 e. The van der Waals surface area contributed by atoms with Crippen molar-refractivity contribution in [2.24, 2.45) is 0 Å². The lowest BCUT2D eigenvalue weighted by Crippen LogP contribution is -2.12. The Labute approximate surface area is 150 Å². The van der Waals surface area contributed by atoms with Gasteiger partial charge in [0, 0.05) is 15.6 Å². The van der Waals surface area contributed by atoms with Gasteiger partial charge >= 0.3 is 6.18 Å². The lowest BCUT2D eigenvalue weighted by Gasteiger charge is -2.15. The summed E-state index contributed by atoms with van der Waals surface area (Å²) >= 11 is 8.86. The summed E-state index contributed by atoms with van der Waals surface area (Å²) in [7, 11) is 0. The van der Waals surface area contributed by atoms with Gasteiger partial charge in [-0.25, -0.2) is 0 Å². The third-order valence-electron chi connectivity index (χ3n) is 3.00. The number of alkyl halides is 3. The number of nitrogens with zero attached hydrogens (tertiary/aromatic N) is 2. The molecule has 0 heterocycles. The molecule has 132 valence electrons. The van der Waals surface area contributed by atoms with Crippen LogP contribution < -0.4 is 5.32 Å². The van der Waals surface area contributed by atoms with Crippen molar-refractivity contribution in [2.75, 3.05) is 5.32 Å². The van der Waals surface area contributed by atoms with Crippen LogP contribution in [0.5, 0.6) is 0 Å². The van der Waals surface area contributed by atoms with Gasteiger partial charge in [-0.15, -0.1) is 0 Å². The monoisotopic (exact) mass is 439 g/mol. The van der Waals surface area contributed by atoms with E-state index in [1.165, 1.54) is 18.2 Å². The van der Waals surface area contributed by atoms with Crippen LogP contribution in [0.2, 0.25) is 5.02 Å². The molecular weight excluding hydrogens is 435 g/mol. The first-order chi connectivity index (χ1) is 11.5. The summed E-state index contributed by atoms with van der Waals surface area (Å²) in [5.74, 6) is 0. The number of non-ortho nitro benzene ring substituents is 1. The van der Waals surface area contributed by atoms with Crippen LogP contribution in [0.15, 0.2) is 34.8 Å². The predicted molar refractivity (Wildman–Crippen MR) is 87.2 cm³/mol.